The minimum atomic E-state index is -0.934. The van der Waals surface area contributed by atoms with Crippen LogP contribution in [0.2, 0.25) is 0 Å². The monoisotopic (exact) mass is 229 g/mol. The van der Waals surface area contributed by atoms with Gasteiger partial charge in [0.2, 0.25) is 0 Å². The predicted molar refractivity (Wildman–Crippen MR) is 69.2 cm³/mol. The Morgan fingerprint density at radius 2 is 1.94 bits per heavy atom. The van der Waals surface area contributed by atoms with Crippen LogP contribution in [-0.2, 0) is 4.79 Å². The van der Waals surface area contributed by atoms with Crippen LogP contribution >= 0.6 is 0 Å². The van der Waals surface area contributed by atoms with E-state index < -0.39 is 5.97 Å². The smallest absolute Gasteiger partial charge is 0.328 e. The largest absolute Gasteiger partial charge is 0.478 e. The average Bonchev–Trinajstić information content (AvgIpc) is 2.59. The second-order valence-electron chi connectivity index (χ2n) is 4.27. The van der Waals surface area contributed by atoms with Crippen LogP contribution in [0.4, 0.5) is 0 Å². The maximum Gasteiger partial charge on any atom is 0.328 e. The fourth-order valence-electron chi connectivity index (χ4n) is 1.98. The van der Waals surface area contributed by atoms with Gasteiger partial charge in [-0.05, 0) is 43.5 Å². The normalized spacial score (nSPS) is 11.5. The zero-order valence-electron chi connectivity index (χ0n) is 10.2. The molecule has 17 heavy (non-hydrogen) atoms. The number of aliphatic carboxylic acids is 1. The molecule has 1 heterocycles. The molecule has 3 nitrogen and oxygen atoms in total. The van der Waals surface area contributed by atoms with Gasteiger partial charge in [0.15, 0.2) is 0 Å². The highest BCUT2D eigenvalue weighted by Gasteiger charge is 2.08. The lowest BCUT2D eigenvalue weighted by molar-refractivity contribution is -0.131. The van der Waals surface area contributed by atoms with E-state index in [1.54, 1.807) is 6.08 Å². The van der Waals surface area contributed by atoms with Gasteiger partial charge in [0.1, 0.15) is 0 Å². The molecule has 0 amide bonds. The molecule has 2 rings (SSSR count). The van der Waals surface area contributed by atoms with Crippen LogP contribution in [0.25, 0.3) is 17.0 Å². The van der Waals surface area contributed by atoms with E-state index in [-0.39, 0.29) is 0 Å². The molecule has 0 unspecified atom stereocenters. The fraction of sp³-hybridized carbons (Fsp3) is 0.214. The molecule has 88 valence electrons. The summed E-state index contributed by atoms with van der Waals surface area (Å²) in [5.41, 5.74) is 5.47. The number of carboxylic acid groups (broad SMARTS) is 1. The lowest BCUT2D eigenvalue weighted by Gasteiger charge is -2.00. The van der Waals surface area contributed by atoms with Crippen LogP contribution in [0.5, 0.6) is 0 Å². The van der Waals surface area contributed by atoms with Crippen molar-refractivity contribution in [2.24, 2.45) is 0 Å². The lowest BCUT2D eigenvalue weighted by Crippen LogP contribution is -1.86. The fourth-order valence-corrected chi connectivity index (χ4v) is 1.98. The quantitative estimate of drug-likeness (QED) is 0.777. The van der Waals surface area contributed by atoms with Gasteiger partial charge < -0.3 is 10.1 Å². The molecule has 0 saturated carbocycles. The van der Waals surface area contributed by atoms with Gasteiger partial charge in [-0.15, -0.1) is 0 Å². The number of hydrogen-bond acceptors (Lipinski definition) is 1. The Labute approximate surface area is 99.8 Å². The molecule has 3 heteroatoms. The van der Waals surface area contributed by atoms with Crippen molar-refractivity contribution in [2.45, 2.75) is 20.8 Å². The number of fused-ring (bicyclic) bond motifs is 1. The summed E-state index contributed by atoms with van der Waals surface area (Å²) in [7, 11) is 0. The number of hydrogen-bond donors (Lipinski definition) is 2. The number of aryl methyl sites for hydroxylation is 3. The van der Waals surface area contributed by atoms with E-state index in [0.29, 0.717) is 0 Å². The van der Waals surface area contributed by atoms with E-state index in [1.165, 1.54) is 11.1 Å². The summed E-state index contributed by atoms with van der Waals surface area (Å²) >= 11 is 0. The molecule has 0 fully saturated rings. The molecule has 0 bridgehead atoms. The van der Waals surface area contributed by atoms with Crippen molar-refractivity contribution in [3.8, 4) is 0 Å². The lowest BCUT2D eigenvalue weighted by atomic mass is 10.0. The number of aromatic nitrogens is 1. The zero-order chi connectivity index (χ0) is 12.6. The van der Waals surface area contributed by atoms with Gasteiger partial charge in [-0.1, -0.05) is 12.1 Å². The van der Waals surface area contributed by atoms with Gasteiger partial charge >= 0.3 is 5.97 Å². The number of nitrogens with one attached hydrogen (secondary N) is 1. The molecule has 0 aliphatic carbocycles. The number of carboxylic acids is 1. The minimum Gasteiger partial charge on any atom is -0.478 e. The molecule has 0 saturated heterocycles. The molecular formula is C14H15NO2. The summed E-state index contributed by atoms with van der Waals surface area (Å²) < 4.78 is 0. The SMILES string of the molecule is Cc1ccc2c(C)c(/C=C/C(=O)O)[nH]c2c1C. The average molecular weight is 229 g/mol. The first-order valence-electron chi connectivity index (χ1n) is 5.50. The topological polar surface area (TPSA) is 53.1 Å². The van der Waals surface area contributed by atoms with Gasteiger partial charge in [0.05, 0.1) is 0 Å². The summed E-state index contributed by atoms with van der Waals surface area (Å²) in [6.45, 7) is 6.13. The first-order valence-corrected chi connectivity index (χ1v) is 5.50. The van der Waals surface area contributed by atoms with Crippen molar-refractivity contribution in [1.82, 2.24) is 4.98 Å². The number of carbonyl (C=O) groups is 1. The first-order chi connectivity index (χ1) is 8.00. The van der Waals surface area contributed by atoms with Crippen LogP contribution < -0.4 is 0 Å². The van der Waals surface area contributed by atoms with E-state index in [9.17, 15) is 4.79 Å². The van der Waals surface area contributed by atoms with E-state index >= 15 is 0 Å². The molecule has 0 spiro atoms. The molecule has 1 aromatic carbocycles. The van der Waals surface area contributed by atoms with Gasteiger partial charge in [0, 0.05) is 22.7 Å². The highest BCUT2D eigenvalue weighted by Crippen LogP contribution is 2.26. The standard InChI is InChI=1S/C14H15NO2/c1-8-4-5-11-10(3)12(6-7-13(16)17)15-14(11)9(8)2/h4-7,15H,1-3H3,(H,16,17)/b7-6+. The summed E-state index contributed by atoms with van der Waals surface area (Å²) in [6, 6.07) is 4.16. The van der Waals surface area contributed by atoms with Crippen molar-refractivity contribution in [3.05, 3.63) is 40.6 Å². The Morgan fingerprint density at radius 3 is 2.59 bits per heavy atom. The van der Waals surface area contributed by atoms with Gasteiger partial charge in [-0.3, -0.25) is 0 Å². The van der Waals surface area contributed by atoms with Gasteiger partial charge in [-0.25, -0.2) is 4.79 Å². The second-order valence-corrected chi connectivity index (χ2v) is 4.27. The number of benzene rings is 1. The van der Waals surface area contributed by atoms with Crippen LogP contribution in [0.1, 0.15) is 22.4 Å². The third-order valence-electron chi connectivity index (χ3n) is 3.20. The van der Waals surface area contributed by atoms with Crippen molar-refractivity contribution in [2.75, 3.05) is 0 Å². The highest BCUT2D eigenvalue weighted by atomic mass is 16.4. The summed E-state index contributed by atoms with van der Waals surface area (Å²) in [6.07, 6.45) is 2.76. The molecule has 2 N–H and O–H groups in total. The van der Waals surface area contributed by atoms with Crippen LogP contribution in [0.15, 0.2) is 18.2 Å². The zero-order valence-corrected chi connectivity index (χ0v) is 10.2. The molecule has 0 atom stereocenters. The maximum absolute atomic E-state index is 10.5. The third-order valence-corrected chi connectivity index (χ3v) is 3.20. The van der Waals surface area contributed by atoms with Gasteiger partial charge in [-0.2, -0.15) is 0 Å². The highest BCUT2D eigenvalue weighted by molar-refractivity contribution is 5.92. The number of aromatic amines is 1. The minimum absolute atomic E-state index is 0.858. The van der Waals surface area contributed by atoms with Crippen LogP contribution in [0.3, 0.4) is 0 Å². The summed E-state index contributed by atoms with van der Waals surface area (Å²) in [5, 5.41) is 9.79. The van der Waals surface area contributed by atoms with Crippen molar-refractivity contribution < 1.29 is 9.90 Å². The van der Waals surface area contributed by atoms with E-state index in [0.717, 1.165) is 28.2 Å². The first kappa shape index (κ1) is 11.5. The summed E-state index contributed by atoms with van der Waals surface area (Å²) in [5.74, 6) is -0.934. The molecule has 0 aliphatic heterocycles. The summed E-state index contributed by atoms with van der Waals surface area (Å²) in [4.78, 5) is 13.8. The van der Waals surface area contributed by atoms with E-state index in [4.69, 9.17) is 5.11 Å². The van der Waals surface area contributed by atoms with Crippen LogP contribution in [0, 0.1) is 20.8 Å². The molecular weight excluding hydrogens is 214 g/mol. The molecule has 0 aliphatic rings. The van der Waals surface area contributed by atoms with E-state index in [2.05, 4.69) is 31.0 Å². The Balaban J connectivity index is 2.64. The van der Waals surface area contributed by atoms with E-state index in [1.807, 2.05) is 6.92 Å². The van der Waals surface area contributed by atoms with Crippen molar-refractivity contribution in [3.63, 3.8) is 0 Å². The second kappa shape index (κ2) is 4.09. The Kier molecular flexibility index (Phi) is 2.76. The van der Waals surface area contributed by atoms with Gasteiger partial charge in [0.25, 0.3) is 0 Å². The predicted octanol–water partition coefficient (Wildman–Crippen LogP) is 3.19. The number of rotatable bonds is 2. The Morgan fingerprint density at radius 1 is 1.24 bits per heavy atom. The van der Waals surface area contributed by atoms with Crippen molar-refractivity contribution >= 4 is 22.9 Å². The molecule has 1 aromatic heterocycles. The molecule has 2 aromatic rings. The Bertz CT molecular complexity index is 621. The van der Waals surface area contributed by atoms with Crippen molar-refractivity contribution in [1.29, 1.82) is 0 Å². The third kappa shape index (κ3) is 1.96. The molecule has 0 radical (unpaired) electrons. The number of H-pyrrole nitrogens is 1. The van der Waals surface area contributed by atoms with Crippen LogP contribution in [-0.4, -0.2) is 16.1 Å². The Hall–Kier alpha value is -2.03. The maximum atomic E-state index is 10.5.